The number of nitrogens with two attached hydrogens (primary N) is 1. The molecular weight excluding hydrogens is 238 g/mol. The number of aryl methyl sites for hydroxylation is 1. The van der Waals surface area contributed by atoms with Crippen molar-refractivity contribution in [3.05, 3.63) is 29.8 Å². The molecule has 0 radical (unpaired) electrons. The largest absolute Gasteiger partial charge is 0.399 e. The minimum Gasteiger partial charge on any atom is -0.399 e. The van der Waals surface area contributed by atoms with Gasteiger partial charge in [0.25, 0.3) is 0 Å². The van der Waals surface area contributed by atoms with E-state index in [1.165, 1.54) is 5.56 Å². The van der Waals surface area contributed by atoms with E-state index in [1.807, 2.05) is 18.2 Å². The number of benzene rings is 1. The predicted octanol–water partition coefficient (Wildman–Crippen LogP) is 3.17. The fraction of sp³-hybridized carbons (Fsp3) is 0.625. The van der Waals surface area contributed by atoms with Gasteiger partial charge in [0.05, 0.1) is 18.3 Å². The number of nitrogen functional groups attached to an aromatic ring is 1. The Labute approximate surface area is 116 Å². The lowest BCUT2D eigenvalue weighted by Gasteiger charge is -2.32. The smallest absolute Gasteiger partial charge is 0.0624 e. The first kappa shape index (κ1) is 14.4. The molecule has 19 heavy (non-hydrogen) atoms. The molecular formula is C16H25NO2. The Morgan fingerprint density at radius 2 is 2.00 bits per heavy atom. The van der Waals surface area contributed by atoms with Gasteiger partial charge in [0, 0.05) is 12.3 Å². The van der Waals surface area contributed by atoms with Crippen LogP contribution in [0.2, 0.25) is 0 Å². The topological polar surface area (TPSA) is 44.5 Å². The number of ether oxygens (including phenoxy) is 2. The van der Waals surface area contributed by atoms with E-state index in [-0.39, 0.29) is 0 Å². The molecule has 3 nitrogen and oxygen atoms in total. The van der Waals surface area contributed by atoms with Crippen molar-refractivity contribution in [2.75, 3.05) is 12.3 Å². The lowest BCUT2D eigenvalue weighted by Crippen LogP contribution is -2.34. The van der Waals surface area contributed by atoms with Crippen LogP contribution in [0.4, 0.5) is 5.69 Å². The SMILES string of the molecule is CC1CC(OCCCc2cccc(N)c2)CC(C)O1. The predicted molar refractivity (Wildman–Crippen MR) is 78.2 cm³/mol. The number of rotatable bonds is 5. The molecule has 1 saturated heterocycles. The molecule has 2 rings (SSSR count). The Hall–Kier alpha value is -1.06. The van der Waals surface area contributed by atoms with Crippen LogP contribution < -0.4 is 5.73 Å². The average Bonchev–Trinajstić information content (AvgIpc) is 2.34. The number of hydrogen-bond acceptors (Lipinski definition) is 3. The zero-order chi connectivity index (χ0) is 13.7. The van der Waals surface area contributed by atoms with Crippen LogP contribution in [0.3, 0.4) is 0 Å². The van der Waals surface area contributed by atoms with E-state index in [0.717, 1.165) is 38.0 Å². The lowest BCUT2D eigenvalue weighted by atomic mass is 10.0. The Morgan fingerprint density at radius 3 is 2.68 bits per heavy atom. The van der Waals surface area contributed by atoms with Crippen molar-refractivity contribution in [2.24, 2.45) is 0 Å². The van der Waals surface area contributed by atoms with Crippen LogP contribution in [0.1, 0.15) is 38.7 Å². The highest BCUT2D eigenvalue weighted by molar-refractivity contribution is 5.40. The van der Waals surface area contributed by atoms with Gasteiger partial charge in [-0.1, -0.05) is 12.1 Å². The summed E-state index contributed by atoms with van der Waals surface area (Å²) in [5.74, 6) is 0. The van der Waals surface area contributed by atoms with Gasteiger partial charge in [0.2, 0.25) is 0 Å². The molecule has 1 aliphatic heterocycles. The van der Waals surface area contributed by atoms with Crippen LogP contribution >= 0.6 is 0 Å². The standard InChI is InChI=1S/C16H25NO2/c1-12-9-16(10-13(2)19-12)18-8-4-6-14-5-3-7-15(17)11-14/h3,5,7,11-13,16H,4,6,8-10,17H2,1-2H3. The summed E-state index contributed by atoms with van der Waals surface area (Å²) in [7, 11) is 0. The van der Waals surface area contributed by atoms with Crippen molar-refractivity contribution in [1.29, 1.82) is 0 Å². The van der Waals surface area contributed by atoms with E-state index in [0.29, 0.717) is 18.3 Å². The Morgan fingerprint density at radius 1 is 1.26 bits per heavy atom. The van der Waals surface area contributed by atoms with Crippen molar-refractivity contribution < 1.29 is 9.47 Å². The number of hydrogen-bond donors (Lipinski definition) is 1. The summed E-state index contributed by atoms with van der Waals surface area (Å²) < 4.78 is 11.7. The van der Waals surface area contributed by atoms with Crippen molar-refractivity contribution in [2.45, 2.75) is 57.8 Å². The van der Waals surface area contributed by atoms with Gasteiger partial charge in [0.1, 0.15) is 0 Å². The molecule has 1 aliphatic rings. The first-order chi connectivity index (χ1) is 9.13. The van der Waals surface area contributed by atoms with E-state index in [9.17, 15) is 0 Å². The first-order valence-corrected chi connectivity index (χ1v) is 7.25. The normalized spacial score (nSPS) is 27.4. The van der Waals surface area contributed by atoms with Crippen molar-refractivity contribution >= 4 is 5.69 Å². The number of anilines is 1. The molecule has 0 bridgehead atoms. The summed E-state index contributed by atoms with van der Waals surface area (Å²) in [6.45, 7) is 5.07. The highest BCUT2D eigenvalue weighted by atomic mass is 16.5. The molecule has 0 amide bonds. The minimum absolute atomic E-state index is 0.322. The molecule has 1 aromatic rings. The van der Waals surface area contributed by atoms with Crippen LogP contribution in [0.15, 0.2) is 24.3 Å². The molecule has 1 fully saturated rings. The van der Waals surface area contributed by atoms with Gasteiger partial charge in [-0.15, -0.1) is 0 Å². The van der Waals surface area contributed by atoms with E-state index in [1.54, 1.807) is 0 Å². The Balaban J connectivity index is 1.66. The van der Waals surface area contributed by atoms with Gasteiger partial charge in [-0.25, -0.2) is 0 Å². The van der Waals surface area contributed by atoms with Crippen LogP contribution in [0, 0.1) is 0 Å². The zero-order valence-electron chi connectivity index (χ0n) is 12.0. The van der Waals surface area contributed by atoms with Crippen molar-refractivity contribution in [1.82, 2.24) is 0 Å². The summed E-state index contributed by atoms with van der Waals surface area (Å²) in [6, 6.07) is 8.09. The first-order valence-electron chi connectivity index (χ1n) is 7.25. The summed E-state index contributed by atoms with van der Waals surface area (Å²) >= 11 is 0. The monoisotopic (exact) mass is 263 g/mol. The Kier molecular flexibility index (Phi) is 5.23. The van der Waals surface area contributed by atoms with Crippen LogP contribution in [0.5, 0.6) is 0 Å². The highest BCUT2D eigenvalue weighted by Crippen LogP contribution is 2.21. The van der Waals surface area contributed by atoms with Crippen LogP contribution in [-0.2, 0) is 15.9 Å². The van der Waals surface area contributed by atoms with Gasteiger partial charge in [-0.2, -0.15) is 0 Å². The summed E-state index contributed by atoms with van der Waals surface area (Å²) in [5, 5.41) is 0. The second-order valence-electron chi connectivity index (χ2n) is 5.57. The Bertz CT molecular complexity index is 384. The van der Waals surface area contributed by atoms with E-state index < -0.39 is 0 Å². The molecule has 0 aromatic heterocycles. The van der Waals surface area contributed by atoms with Gasteiger partial charge >= 0.3 is 0 Å². The van der Waals surface area contributed by atoms with Crippen LogP contribution in [0.25, 0.3) is 0 Å². The summed E-state index contributed by atoms with van der Waals surface area (Å²) in [6.07, 6.45) is 5.11. The second kappa shape index (κ2) is 6.92. The maximum absolute atomic E-state index is 5.96. The fourth-order valence-corrected chi connectivity index (χ4v) is 2.76. The molecule has 0 saturated carbocycles. The van der Waals surface area contributed by atoms with Gasteiger partial charge in [-0.05, 0) is 57.2 Å². The zero-order valence-corrected chi connectivity index (χ0v) is 12.0. The maximum atomic E-state index is 5.96. The molecule has 2 N–H and O–H groups in total. The minimum atomic E-state index is 0.322. The van der Waals surface area contributed by atoms with Gasteiger partial charge in [-0.3, -0.25) is 0 Å². The molecule has 1 aromatic carbocycles. The summed E-state index contributed by atoms with van der Waals surface area (Å²) in [5.41, 5.74) is 7.89. The van der Waals surface area contributed by atoms with Gasteiger partial charge in [0.15, 0.2) is 0 Å². The molecule has 3 heteroatoms. The fourth-order valence-electron chi connectivity index (χ4n) is 2.76. The highest BCUT2D eigenvalue weighted by Gasteiger charge is 2.24. The third-order valence-corrected chi connectivity index (χ3v) is 3.57. The third-order valence-electron chi connectivity index (χ3n) is 3.57. The van der Waals surface area contributed by atoms with E-state index in [2.05, 4.69) is 19.9 Å². The molecule has 1 heterocycles. The van der Waals surface area contributed by atoms with E-state index >= 15 is 0 Å². The van der Waals surface area contributed by atoms with Crippen molar-refractivity contribution in [3.8, 4) is 0 Å². The average molecular weight is 263 g/mol. The maximum Gasteiger partial charge on any atom is 0.0624 e. The third kappa shape index (κ3) is 4.84. The molecule has 2 atom stereocenters. The van der Waals surface area contributed by atoms with E-state index in [4.69, 9.17) is 15.2 Å². The van der Waals surface area contributed by atoms with Crippen molar-refractivity contribution in [3.63, 3.8) is 0 Å². The second-order valence-corrected chi connectivity index (χ2v) is 5.57. The molecule has 106 valence electrons. The molecule has 2 unspecified atom stereocenters. The van der Waals surface area contributed by atoms with Gasteiger partial charge < -0.3 is 15.2 Å². The summed E-state index contributed by atoms with van der Waals surface area (Å²) in [4.78, 5) is 0. The molecule has 0 spiro atoms. The lowest BCUT2D eigenvalue weighted by molar-refractivity contribution is -0.102. The quantitative estimate of drug-likeness (QED) is 0.655. The molecule has 0 aliphatic carbocycles. The van der Waals surface area contributed by atoms with Crippen LogP contribution in [-0.4, -0.2) is 24.9 Å².